The first kappa shape index (κ1) is 6.47. The number of aliphatic hydroxyl groups is 1. The molecule has 0 aromatic carbocycles. The van der Waals surface area contributed by atoms with Gasteiger partial charge in [0.2, 0.25) is 0 Å². The van der Waals surface area contributed by atoms with Gasteiger partial charge in [0.1, 0.15) is 0 Å². The third-order valence-electron chi connectivity index (χ3n) is 5.54. The van der Waals surface area contributed by atoms with Crippen molar-refractivity contribution in [1.82, 2.24) is 0 Å². The lowest BCUT2D eigenvalue weighted by Gasteiger charge is -2.36. The molecule has 11 heavy (non-hydrogen) atoms. The topological polar surface area (TPSA) is 20.2 Å². The van der Waals surface area contributed by atoms with Gasteiger partial charge in [-0.3, -0.25) is 0 Å². The van der Waals surface area contributed by atoms with Gasteiger partial charge in [-0.05, 0) is 35.5 Å². The average Bonchev–Trinajstić information content (AvgIpc) is 2.20. The zero-order valence-electron chi connectivity index (χ0n) is 7.52. The highest BCUT2D eigenvalue weighted by Crippen LogP contribution is 2.87. The van der Waals surface area contributed by atoms with E-state index in [4.69, 9.17) is 0 Å². The predicted octanol–water partition coefficient (Wildman–Crippen LogP) is 1.80. The maximum Gasteiger partial charge on any atom is 0.0709 e. The second kappa shape index (κ2) is 1.19. The molecule has 4 bridgehead atoms. The lowest BCUT2D eigenvalue weighted by Crippen LogP contribution is -2.39. The molecule has 4 fully saturated rings. The lowest BCUT2D eigenvalue weighted by atomic mass is 9.73. The highest BCUT2D eigenvalue weighted by molar-refractivity contribution is 5.34. The van der Waals surface area contributed by atoms with Crippen LogP contribution in [0.25, 0.3) is 0 Å². The van der Waals surface area contributed by atoms with Crippen LogP contribution in [0, 0.1) is 22.7 Å². The second-order valence-electron chi connectivity index (χ2n) is 5.56. The molecule has 1 heteroatoms. The molecule has 0 radical (unpaired) electrons. The zero-order valence-corrected chi connectivity index (χ0v) is 7.52. The quantitative estimate of drug-likeness (QED) is 0.561. The van der Waals surface area contributed by atoms with Gasteiger partial charge in [0.05, 0.1) is 5.60 Å². The zero-order chi connectivity index (χ0) is 8.07. The fraction of sp³-hybridized carbons (Fsp3) is 1.00. The highest BCUT2D eigenvalue weighted by Gasteiger charge is 2.85. The van der Waals surface area contributed by atoms with Crippen LogP contribution in [0.3, 0.4) is 0 Å². The van der Waals surface area contributed by atoms with Gasteiger partial charge < -0.3 is 5.11 Å². The molecule has 4 saturated carbocycles. The summed E-state index contributed by atoms with van der Waals surface area (Å²) in [4.78, 5) is 0. The minimum atomic E-state index is -0.295. The van der Waals surface area contributed by atoms with Crippen molar-refractivity contribution in [3.63, 3.8) is 0 Å². The van der Waals surface area contributed by atoms with E-state index in [9.17, 15) is 5.11 Å². The van der Waals surface area contributed by atoms with E-state index in [0.29, 0.717) is 5.41 Å². The van der Waals surface area contributed by atoms with Gasteiger partial charge in [0.15, 0.2) is 0 Å². The summed E-state index contributed by atoms with van der Waals surface area (Å²) in [5.74, 6) is 1.73. The summed E-state index contributed by atoms with van der Waals surface area (Å²) < 4.78 is 0. The molecule has 0 heterocycles. The Morgan fingerprint density at radius 2 is 1.55 bits per heavy atom. The van der Waals surface area contributed by atoms with E-state index in [1.807, 2.05) is 0 Å². The van der Waals surface area contributed by atoms with E-state index in [0.717, 1.165) is 24.7 Å². The van der Waals surface area contributed by atoms with Crippen molar-refractivity contribution < 1.29 is 5.11 Å². The highest BCUT2D eigenvalue weighted by atomic mass is 16.3. The summed E-state index contributed by atoms with van der Waals surface area (Å²) in [5, 5.41) is 10.3. The summed E-state index contributed by atoms with van der Waals surface area (Å²) in [7, 11) is 0. The smallest absolute Gasteiger partial charge is 0.0709 e. The molecule has 1 N–H and O–H groups in total. The van der Waals surface area contributed by atoms with Gasteiger partial charge >= 0.3 is 0 Å². The molecule has 4 rings (SSSR count). The van der Waals surface area contributed by atoms with E-state index >= 15 is 0 Å². The molecule has 2 atom stereocenters. The molecule has 0 spiro atoms. The van der Waals surface area contributed by atoms with Gasteiger partial charge in [0.25, 0.3) is 0 Å². The largest absolute Gasteiger partial charge is 0.389 e. The van der Waals surface area contributed by atoms with Crippen LogP contribution in [0.5, 0.6) is 0 Å². The Morgan fingerprint density at radius 1 is 1.09 bits per heavy atom. The van der Waals surface area contributed by atoms with Crippen LogP contribution in [0.4, 0.5) is 0 Å². The standard InChI is InChI=1S/C10H16O/c1-8(2)9(3)6-4-10(8,11)5-7(6)9/h6-7,11H,4-5H2,1-3H3. The van der Waals surface area contributed by atoms with Gasteiger partial charge in [0, 0.05) is 0 Å². The van der Waals surface area contributed by atoms with Crippen LogP contribution in [0.2, 0.25) is 0 Å². The molecule has 2 unspecified atom stereocenters. The molecule has 1 nitrogen and oxygen atoms in total. The first-order chi connectivity index (χ1) is 4.93. The fourth-order valence-corrected chi connectivity index (χ4v) is 4.16. The van der Waals surface area contributed by atoms with Crippen LogP contribution >= 0.6 is 0 Å². The Labute approximate surface area is 67.8 Å². The molecular formula is C10H16O. The van der Waals surface area contributed by atoms with Crippen molar-refractivity contribution >= 4 is 0 Å². The minimum absolute atomic E-state index is 0.190. The van der Waals surface area contributed by atoms with Gasteiger partial charge in [-0.25, -0.2) is 0 Å². The number of hydrogen-bond acceptors (Lipinski definition) is 1. The van der Waals surface area contributed by atoms with Crippen LogP contribution in [0.15, 0.2) is 0 Å². The Morgan fingerprint density at radius 3 is 1.64 bits per heavy atom. The molecule has 0 amide bonds. The summed E-state index contributed by atoms with van der Waals surface area (Å²) in [5.41, 5.74) is 0.397. The van der Waals surface area contributed by atoms with Crippen LogP contribution in [-0.2, 0) is 0 Å². The maximum absolute atomic E-state index is 10.3. The molecule has 0 aromatic heterocycles. The van der Waals surface area contributed by atoms with Crippen molar-refractivity contribution in [2.45, 2.75) is 39.2 Å². The van der Waals surface area contributed by atoms with E-state index < -0.39 is 0 Å². The molecule has 0 aromatic rings. The third kappa shape index (κ3) is 0.358. The van der Waals surface area contributed by atoms with E-state index in [-0.39, 0.29) is 11.0 Å². The van der Waals surface area contributed by atoms with Crippen molar-refractivity contribution in [2.24, 2.45) is 22.7 Å². The van der Waals surface area contributed by atoms with E-state index in [2.05, 4.69) is 20.8 Å². The number of rotatable bonds is 0. The molecule has 4 aliphatic rings. The Bertz CT molecular complexity index is 223. The van der Waals surface area contributed by atoms with E-state index in [1.165, 1.54) is 0 Å². The third-order valence-corrected chi connectivity index (χ3v) is 5.54. The molecule has 62 valence electrons. The first-order valence-electron chi connectivity index (χ1n) is 4.66. The molecule has 0 aliphatic heterocycles. The summed E-state index contributed by atoms with van der Waals surface area (Å²) in [6.45, 7) is 6.87. The second-order valence-corrected chi connectivity index (χ2v) is 5.56. The first-order valence-corrected chi connectivity index (χ1v) is 4.66. The Balaban J connectivity index is 2.20. The van der Waals surface area contributed by atoms with Crippen molar-refractivity contribution in [3.8, 4) is 0 Å². The van der Waals surface area contributed by atoms with Gasteiger partial charge in [-0.2, -0.15) is 0 Å². The predicted molar refractivity (Wildman–Crippen MR) is 43.1 cm³/mol. The SMILES string of the molecule is CC12C3CC(O)(CC31)C2(C)C. The minimum Gasteiger partial charge on any atom is -0.389 e. The molecular weight excluding hydrogens is 136 g/mol. The van der Waals surface area contributed by atoms with Crippen LogP contribution in [-0.4, -0.2) is 10.7 Å². The average molecular weight is 152 g/mol. The molecule has 4 aliphatic carbocycles. The van der Waals surface area contributed by atoms with Crippen molar-refractivity contribution in [3.05, 3.63) is 0 Å². The van der Waals surface area contributed by atoms with Crippen molar-refractivity contribution in [2.75, 3.05) is 0 Å². The van der Waals surface area contributed by atoms with E-state index in [1.54, 1.807) is 0 Å². The number of hydrogen-bond donors (Lipinski definition) is 1. The summed E-state index contributed by atoms with van der Waals surface area (Å²) in [6, 6.07) is 0. The van der Waals surface area contributed by atoms with Crippen LogP contribution in [0.1, 0.15) is 33.6 Å². The van der Waals surface area contributed by atoms with Gasteiger partial charge in [-0.15, -0.1) is 0 Å². The Kier molecular flexibility index (Phi) is 0.698. The van der Waals surface area contributed by atoms with Gasteiger partial charge in [-0.1, -0.05) is 20.8 Å². The summed E-state index contributed by atoms with van der Waals surface area (Å²) in [6.07, 6.45) is 2.17. The maximum atomic E-state index is 10.3. The molecule has 0 saturated heterocycles. The van der Waals surface area contributed by atoms with Crippen LogP contribution < -0.4 is 0 Å². The summed E-state index contributed by atoms with van der Waals surface area (Å²) >= 11 is 0. The van der Waals surface area contributed by atoms with Crippen molar-refractivity contribution in [1.29, 1.82) is 0 Å². The fourth-order valence-electron chi connectivity index (χ4n) is 4.16. The lowest BCUT2D eigenvalue weighted by molar-refractivity contribution is -0.0395. The normalized spacial score (nSPS) is 68.7. The Hall–Kier alpha value is -0.0400. The monoisotopic (exact) mass is 152 g/mol.